The number of ether oxygens (including phenoxy) is 2. The topological polar surface area (TPSA) is 110 Å². The molecule has 2 N–H and O–H groups in total. The summed E-state index contributed by atoms with van der Waals surface area (Å²) in [5.41, 5.74) is 0.423. The number of anilines is 2. The highest BCUT2D eigenvalue weighted by Gasteiger charge is 2.56. The molecule has 2 atom stereocenters. The fourth-order valence-electron chi connectivity index (χ4n) is 5.21. The number of esters is 1. The summed E-state index contributed by atoms with van der Waals surface area (Å²) in [6.07, 6.45) is 2.13. The Morgan fingerprint density at radius 2 is 2.00 bits per heavy atom. The number of rotatable bonds is 7. The number of aromatic nitrogens is 1. The third kappa shape index (κ3) is 5.16. The van der Waals surface area contributed by atoms with Crippen LogP contribution in [0.25, 0.3) is 0 Å². The summed E-state index contributed by atoms with van der Waals surface area (Å²) in [5, 5.41) is 8.49. The summed E-state index contributed by atoms with van der Waals surface area (Å²) in [7, 11) is 1.61. The van der Waals surface area contributed by atoms with Gasteiger partial charge in [0, 0.05) is 11.1 Å². The van der Waals surface area contributed by atoms with Crippen molar-refractivity contribution in [1.82, 2.24) is 15.2 Å². The molecule has 0 unspecified atom stereocenters. The predicted molar refractivity (Wildman–Crippen MR) is 128 cm³/mol. The van der Waals surface area contributed by atoms with Crippen molar-refractivity contribution in [2.45, 2.75) is 52.2 Å². The Balaban J connectivity index is 1.31. The monoisotopic (exact) mass is 486 g/mol. The first kappa shape index (κ1) is 24.0. The zero-order valence-corrected chi connectivity index (χ0v) is 20.7. The van der Waals surface area contributed by atoms with E-state index in [9.17, 15) is 14.4 Å². The number of hydrogen-bond donors (Lipinski definition) is 2. The second kappa shape index (κ2) is 9.25. The zero-order valence-electron chi connectivity index (χ0n) is 19.8. The minimum absolute atomic E-state index is 0.0432. The van der Waals surface area contributed by atoms with Crippen molar-refractivity contribution in [1.29, 1.82) is 0 Å². The van der Waals surface area contributed by atoms with Crippen LogP contribution in [-0.2, 0) is 20.9 Å². The van der Waals surface area contributed by atoms with Crippen molar-refractivity contribution in [2.24, 2.45) is 11.3 Å². The molecule has 1 aliphatic carbocycles. The molecule has 2 aromatic rings. The molecule has 4 rings (SSSR count). The van der Waals surface area contributed by atoms with Gasteiger partial charge in [-0.25, -0.2) is 9.78 Å². The van der Waals surface area contributed by atoms with E-state index in [0.29, 0.717) is 29.6 Å². The van der Waals surface area contributed by atoms with Gasteiger partial charge in [-0.15, -0.1) is 11.3 Å². The van der Waals surface area contributed by atoms with Crippen molar-refractivity contribution >= 4 is 40.1 Å². The molecule has 34 heavy (non-hydrogen) atoms. The van der Waals surface area contributed by atoms with E-state index in [2.05, 4.69) is 36.4 Å². The number of urea groups is 1. The third-order valence-corrected chi connectivity index (χ3v) is 6.99. The molecule has 2 aliphatic rings. The van der Waals surface area contributed by atoms with Gasteiger partial charge < -0.3 is 20.1 Å². The van der Waals surface area contributed by atoms with E-state index < -0.39 is 24.1 Å². The molecule has 2 fully saturated rings. The van der Waals surface area contributed by atoms with Gasteiger partial charge >= 0.3 is 12.0 Å². The number of hydrogen-bond acceptors (Lipinski definition) is 8. The van der Waals surface area contributed by atoms with E-state index in [1.165, 1.54) is 11.3 Å². The van der Waals surface area contributed by atoms with Crippen LogP contribution in [-0.4, -0.2) is 47.0 Å². The highest BCUT2D eigenvalue weighted by atomic mass is 32.1. The van der Waals surface area contributed by atoms with E-state index in [4.69, 9.17) is 9.47 Å². The molecule has 1 aromatic heterocycles. The molecule has 1 aliphatic heterocycles. The lowest BCUT2D eigenvalue weighted by atomic mass is 9.64. The van der Waals surface area contributed by atoms with Crippen LogP contribution < -0.4 is 15.4 Å². The average molecular weight is 487 g/mol. The van der Waals surface area contributed by atoms with E-state index in [1.54, 1.807) is 12.5 Å². The van der Waals surface area contributed by atoms with Gasteiger partial charge in [0.2, 0.25) is 0 Å². The number of nitrogens with zero attached hydrogens (tertiary/aromatic N) is 2. The molecule has 1 aromatic carbocycles. The highest BCUT2D eigenvalue weighted by Crippen LogP contribution is 2.46. The van der Waals surface area contributed by atoms with Crippen LogP contribution in [0, 0.1) is 11.3 Å². The number of carbonyl (C=O) groups is 3. The minimum Gasteiger partial charge on any atom is -0.497 e. The van der Waals surface area contributed by atoms with E-state index in [1.807, 2.05) is 24.3 Å². The molecular formula is C24H30N4O5S. The smallest absolute Gasteiger partial charge is 0.326 e. The number of amides is 3. The van der Waals surface area contributed by atoms with Crippen LogP contribution in [0.4, 0.5) is 15.6 Å². The van der Waals surface area contributed by atoms with Crippen molar-refractivity contribution in [3.63, 3.8) is 0 Å². The second-order valence-corrected chi connectivity index (χ2v) is 10.8. The van der Waals surface area contributed by atoms with E-state index in [-0.39, 0.29) is 17.9 Å². The van der Waals surface area contributed by atoms with E-state index in [0.717, 1.165) is 22.8 Å². The first-order chi connectivity index (χ1) is 16.1. The lowest BCUT2D eigenvalue weighted by Gasteiger charge is -2.43. The van der Waals surface area contributed by atoms with Gasteiger partial charge in [0.15, 0.2) is 5.13 Å². The number of thiazole rings is 1. The summed E-state index contributed by atoms with van der Waals surface area (Å²) < 4.78 is 10.5. The maximum absolute atomic E-state index is 13.2. The van der Waals surface area contributed by atoms with Crippen molar-refractivity contribution in [3.8, 4) is 5.75 Å². The largest absolute Gasteiger partial charge is 0.497 e. The van der Waals surface area contributed by atoms with Gasteiger partial charge in [-0.1, -0.05) is 20.8 Å². The maximum atomic E-state index is 13.2. The summed E-state index contributed by atoms with van der Waals surface area (Å²) in [6, 6.07) is 6.89. The summed E-state index contributed by atoms with van der Waals surface area (Å²) in [6.45, 7) is 5.84. The number of imide groups is 1. The number of benzene rings is 1. The molecular weight excluding hydrogens is 456 g/mol. The van der Waals surface area contributed by atoms with Gasteiger partial charge in [0.25, 0.3) is 5.91 Å². The maximum Gasteiger partial charge on any atom is 0.326 e. The van der Waals surface area contributed by atoms with Crippen LogP contribution in [0.5, 0.6) is 5.75 Å². The Hall–Kier alpha value is -3.14. The first-order valence-electron chi connectivity index (χ1n) is 11.2. The zero-order chi connectivity index (χ0) is 24.5. The van der Waals surface area contributed by atoms with Gasteiger partial charge in [-0.05, 0) is 54.9 Å². The number of nitrogens with one attached hydrogen (secondary N) is 2. The summed E-state index contributed by atoms with van der Waals surface area (Å²) >= 11 is 1.38. The number of methoxy groups -OCH3 is 1. The van der Waals surface area contributed by atoms with Crippen LogP contribution >= 0.6 is 11.3 Å². The Bertz CT molecular complexity index is 1080. The van der Waals surface area contributed by atoms with Gasteiger partial charge in [-0.2, -0.15) is 0 Å². The van der Waals surface area contributed by atoms with E-state index >= 15 is 0 Å². The first-order valence-corrected chi connectivity index (χ1v) is 12.1. The number of carbonyl (C=O) groups excluding carboxylic acids is 3. The van der Waals surface area contributed by atoms with Crippen molar-refractivity contribution in [2.75, 3.05) is 19.0 Å². The molecule has 9 nitrogen and oxygen atoms in total. The molecule has 1 saturated heterocycles. The van der Waals surface area contributed by atoms with Crippen LogP contribution in [0.15, 0.2) is 29.6 Å². The second-order valence-electron chi connectivity index (χ2n) is 9.92. The Morgan fingerprint density at radius 1 is 1.26 bits per heavy atom. The molecule has 0 bridgehead atoms. The van der Waals surface area contributed by atoms with Crippen LogP contribution in [0.3, 0.4) is 0 Å². The minimum atomic E-state index is -0.935. The SMILES string of the molecule is COc1ccc(Nc2nc(COC(=O)CN3C(=O)N[C@]4(C[C@H](C)CC(C)(C)C4)C3=O)cs2)cc1. The molecule has 2 heterocycles. The normalized spacial score (nSPS) is 23.6. The molecule has 182 valence electrons. The van der Waals surface area contributed by atoms with Crippen LogP contribution in [0.2, 0.25) is 0 Å². The third-order valence-electron chi connectivity index (χ3n) is 6.19. The lowest BCUT2D eigenvalue weighted by Crippen LogP contribution is -2.54. The predicted octanol–water partition coefficient (Wildman–Crippen LogP) is 4.08. The Labute approximate surface area is 202 Å². The summed E-state index contributed by atoms with van der Waals surface area (Å²) in [4.78, 5) is 43.6. The molecule has 1 saturated carbocycles. The molecule has 1 spiro atoms. The fraction of sp³-hybridized carbons (Fsp3) is 0.500. The Morgan fingerprint density at radius 3 is 2.68 bits per heavy atom. The van der Waals surface area contributed by atoms with Gasteiger partial charge in [-0.3, -0.25) is 14.5 Å². The average Bonchev–Trinajstić information content (AvgIpc) is 3.29. The van der Waals surface area contributed by atoms with Gasteiger partial charge in [0.1, 0.15) is 24.4 Å². The van der Waals surface area contributed by atoms with Crippen molar-refractivity contribution in [3.05, 3.63) is 35.3 Å². The molecule has 10 heteroatoms. The summed E-state index contributed by atoms with van der Waals surface area (Å²) in [5.74, 6) is 0.0652. The standard InChI is InChI=1S/C24H30N4O5S/c1-15-9-23(2,3)14-24(10-15)20(30)28(22(31)27-24)11-19(29)33-12-17-13-34-21(26-17)25-16-5-7-18(32-4)8-6-16/h5-8,13,15H,9-12,14H2,1-4H3,(H,25,26)(H,27,31)/t15-,24+/m1/s1. The van der Waals surface area contributed by atoms with Gasteiger partial charge in [0.05, 0.1) is 12.8 Å². The lowest BCUT2D eigenvalue weighted by molar-refractivity contribution is -0.149. The van der Waals surface area contributed by atoms with Crippen molar-refractivity contribution < 1.29 is 23.9 Å². The highest BCUT2D eigenvalue weighted by molar-refractivity contribution is 7.13. The molecule has 0 radical (unpaired) electrons. The fourth-order valence-corrected chi connectivity index (χ4v) is 5.92. The quantitative estimate of drug-likeness (QED) is 0.448. The van der Waals surface area contributed by atoms with Crippen LogP contribution in [0.1, 0.15) is 45.7 Å². The Kier molecular flexibility index (Phi) is 6.53. The molecule has 3 amide bonds.